The molecule has 0 radical (unpaired) electrons. The first kappa shape index (κ1) is 16.3. The summed E-state index contributed by atoms with van der Waals surface area (Å²) in [6.07, 6.45) is 1.57. The van der Waals surface area contributed by atoms with Gasteiger partial charge in [-0.25, -0.2) is 9.97 Å². The van der Waals surface area contributed by atoms with Crippen LogP contribution in [0.3, 0.4) is 0 Å². The highest BCUT2D eigenvalue weighted by Crippen LogP contribution is 2.33. The summed E-state index contributed by atoms with van der Waals surface area (Å²) in [6, 6.07) is 13.5. The second-order valence-electron chi connectivity index (χ2n) is 5.63. The Hall–Kier alpha value is -3.17. The predicted molar refractivity (Wildman–Crippen MR) is 103 cm³/mol. The van der Waals surface area contributed by atoms with Crippen molar-refractivity contribution in [2.45, 2.75) is 13.8 Å². The summed E-state index contributed by atoms with van der Waals surface area (Å²) < 4.78 is 7.43. The Morgan fingerprint density at radius 3 is 2.96 bits per heavy atom. The fourth-order valence-corrected chi connectivity index (χ4v) is 3.55. The number of fused-ring (bicyclic) bond motifs is 1. The number of aryl methyl sites for hydroxylation is 1. The maximum Gasteiger partial charge on any atom is 0.166 e. The summed E-state index contributed by atoms with van der Waals surface area (Å²) in [7, 11) is 0. The first-order valence-corrected chi connectivity index (χ1v) is 9.07. The Morgan fingerprint density at radius 1 is 1.38 bits per heavy atom. The van der Waals surface area contributed by atoms with Crippen LogP contribution >= 0.6 is 11.3 Å². The molecular formula is C20H16N4OS. The summed E-state index contributed by atoms with van der Waals surface area (Å²) in [5.41, 5.74) is 3.32. The smallest absolute Gasteiger partial charge is 0.166 e. The number of pyridine rings is 1. The van der Waals surface area contributed by atoms with E-state index in [0.717, 1.165) is 32.9 Å². The van der Waals surface area contributed by atoms with Crippen LogP contribution in [0.5, 0.6) is 0 Å². The number of hydrogen-bond donors (Lipinski definition) is 0. The lowest BCUT2D eigenvalue weighted by atomic mass is 10.1. The third-order valence-electron chi connectivity index (χ3n) is 3.97. The zero-order valence-corrected chi connectivity index (χ0v) is 15.3. The standard InChI is InChI=1S/C20H16N4OS/c1-4-25-14(3)15-12-16(17-8-7-11-26-17)22-20-19(15)13(2)23-24(20)18-9-5-6-10-21-18/h7-12H,3-4H2,1-2H3. The van der Waals surface area contributed by atoms with E-state index in [4.69, 9.17) is 9.72 Å². The van der Waals surface area contributed by atoms with Crippen LogP contribution in [0.2, 0.25) is 0 Å². The lowest BCUT2D eigenvalue weighted by molar-refractivity contribution is 0.299. The first-order valence-electron chi connectivity index (χ1n) is 8.19. The highest BCUT2D eigenvalue weighted by atomic mass is 32.1. The van der Waals surface area contributed by atoms with Crippen LogP contribution in [0.4, 0.5) is 0 Å². The van der Waals surface area contributed by atoms with Gasteiger partial charge in [0.15, 0.2) is 11.5 Å². The van der Waals surface area contributed by atoms with E-state index in [2.05, 4.69) is 28.8 Å². The van der Waals surface area contributed by atoms with Crippen LogP contribution in [0.25, 0.3) is 33.2 Å². The fraction of sp³-hybridized carbons (Fsp3) is 0.150. The van der Waals surface area contributed by atoms with Crippen molar-refractivity contribution in [2.75, 3.05) is 6.61 Å². The Kier molecular flexibility index (Phi) is 4.15. The average Bonchev–Trinajstić information content (AvgIpc) is 3.30. The van der Waals surface area contributed by atoms with Crippen LogP contribution in [-0.2, 0) is 4.74 Å². The molecule has 4 rings (SSSR count). The largest absolute Gasteiger partial charge is 0.494 e. The normalized spacial score (nSPS) is 10.7. The molecule has 4 heterocycles. The first-order chi connectivity index (χ1) is 12.7. The topological polar surface area (TPSA) is 52.8 Å². The average molecular weight is 360 g/mol. The van der Waals surface area contributed by atoms with E-state index in [-0.39, 0.29) is 0 Å². The van der Waals surface area contributed by atoms with Crippen LogP contribution in [-0.4, -0.2) is 26.4 Å². The summed E-state index contributed by atoms with van der Waals surface area (Å²) in [6.45, 7) is 8.55. The Bertz CT molecular complexity index is 1070. The van der Waals surface area contributed by atoms with Crippen molar-refractivity contribution in [1.82, 2.24) is 19.7 Å². The van der Waals surface area contributed by atoms with Crippen LogP contribution < -0.4 is 0 Å². The van der Waals surface area contributed by atoms with Gasteiger partial charge in [0.2, 0.25) is 0 Å². The van der Waals surface area contributed by atoms with Crippen LogP contribution in [0.15, 0.2) is 42.4 Å². The number of thiophene rings is 1. The van der Waals surface area contributed by atoms with Crippen molar-refractivity contribution in [3.8, 4) is 16.4 Å². The van der Waals surface area contributed by atoms with E-state index in [0.29, 0.717) is 18.2 Å². The molecule has 4 aromatic rings. The Labute approximate surface area is 155 Å². The number of ether oxygens (including phenoxy) is 1. The molecule has 0 bridgehead atoms. The van der Waals surface area contributed by atoms with Gasteiger partial charge in [0.1, 0.15) is 5.76 Å². The number of hydrogen-bond acceptors (Lipinski definition) is 5. The van der Waals surface area contributed by atoms with E-state index < -0.39 is 0 Å². The molecule has 0 saturated carbocycles. The van der Waals surface area contributed by atoms with Gasteiger partial charge in [-0.1, -0.05) is 18.7 Å². The van der Waals surface area contributed by atoms with Gasteiger partial charge in [-0.2, -0.15) is 9.78 Å². The van der Waals surface area contributed by atoms with E-state index in [9.17, 15) is 0 Å². The van der Waals surface area contributed by atoms with Crippen molar-refractivity contribution in [1.29, 1.82) is 0 Å². The second kappa shape index (κ2) is 6.62. The maximum absolute atomic E-state index is 5.70. The van der Waals surface area contributed by atoms with E-state index in [1.165, 1.54) is 0 Å². The molecular weight excluding hydrogens is 344 g/mol. The van der Waals surface area contributed by atoms with Gasteiger partial charge in [0, 0.05) is 11.6 Å². The maximum atomic E-state index is 5.70. The zero-order chi connectivity index (χ0) is 18.1. The SMILES string of the molecule is C=C(OCC)c1cc(-c2cccs2)nc2c1c(C)nn2-c1cc#ccn1. The monoisotopic (exact) mass is 360 g/mol. The molecule has 128 valence electrons. The summed E-state index contributed by atoms with van der Waals surface area (Å²) in [5.74, 6) is 1.26. The minimum Gasteiger partial charge on any atom is -0.494 e. The third-order valence-corrected chi connectivity index (χ3v) is 4.86. The number of rotatable bonds is 5. The molecule has 0 aromatic carbocycles. The molecule has 0 N–H and O–H groups in total. The van der Waals surface area contributed by atoms with E-state index in [1.807, 2.05) is 37.4 Å². The molecule has 26 heavy (non-hydrogen) atoms. The van der Waals surface area contributed by atoms with Crippen LogP contribution in [0.1, 0.15) is 18.2 Å². The van der Waals surface area contributed by atoms with Gasteiger partial charge in [-0.05, 0) is 37.4 Å². The van der Waals surface area contributed by atoms with Gasteiger partial charge in [-0.3, -0.25) is 0 Å². The molecule has 0 spiro atoms. The van der Waals surface area contributed by atoms with Gasteiger partial charge < -0.3 is 4.74 Å². The highest BCUT2D eigenvalue weighted by Gasteiger charge is 2.19. The van der Waals surface area contributed by atoms with Crippen molar-refractivity contribution in [2.24, 2.45) is 0 Å². The van der Waals surface area contributed by atoms with E-state index >= 15 is 0 Å². The molecule has 6 heteroatoms. The molecule has 0 fully saturated rings. The molecule has 0 atom stereocenters. The minimum absolute atomic E-state index is 0.551. The van der Waals surface area contributed by atoms with Crippen molar-refractivity contribution in [3.63, 3.8) is 0 Å². The number of aromatic nitrogens is 4. The highest BCUT2D eigenvalue weighted by molar-refractivity contribution is 7.13. The number of nitrogens with zero attached hydrogens (tertiary/aromatic N) is 4. The predicted octanol–water partition coefficient (Wildman–Crippen LogP) is 4.46. The lowest BCUT2D eigenvalue weighted by Gasteiger charge is -2.11. The second-order valence-corrected chi connectivity index (χ2v) is 6.58. The summed E-state index contributed by atoms with van der Waals surface area (Å²) >= 11 is 1.64. The minimum atomic E-state index is 0.551. The molecule has 0 aliphatic rings. The molecule has 0 aliphatic heterocycles. The molecule has 0 saturated heterocycles. The molecule has 0 amide bonds. The molecule has 4 aromatic heterocycles. The van der Waals surface area contributed by atoms with Crippen molar-refractivity contribution in [3.05, 3.63) is 65.8 Å². The third kappa shape index (κ3) is 2.72. The Morgan fingerprint density at radius 2 is 2.27 bits per heavy atom. The summed E-state index contributed by atoms with van der Waals surface area (Å²) in [5, 5.41) is 7.60. The molecule has 0 unspecified atom stereocenters. The van der Waals surface area contributed by atoms with Crippen molar-refractivity contribution < 1.29 is 4.74 Å². The fourth-order valence-electron chi connectivity index (χ4n) is 2.87. The summed E-state index contributed by atoms with van der Waals surface area (Å²) in [4.78, 5) is 10.3. The molecule has 5 nitrogen and oxygen atoms in total. The molecule has 0 aliphatic carbocycles. The van der Waals surface area contributed by atoms with Gasteiger partial charge >= 0.3 is 0 Å². The van der Waals surface area contributed by atoms with E-state index in [1.54, 1.807) is 28.3 Å². The van der Waals surface area contributed by atoms with Gasteiger partial charge in [-0.15, -0.1) is 11.3 Å². The van der Waals surface area contributed by atoms with Gasteiger partial charge in [0.05, 0.1) is 34.5 Å². The quantitative estimate of drug-likeness (QED) is 0.493. The zero-order valence-electron chi connectivity index (χ0n) is 14.5. The van der Waals surface area contributed by atoms with Crippen molar-refractivity contribution >= 4 is 28.1 Å². The lowest BCUT2D eigenvalue weighted by Crippen LogP contribution is -2.01. The van der Waals surface area contributed by atoms with Gasteiger partial charge in [0.25, 0.3) is 0 Å². The Balaban J connectivity index is 2.03. The van der Waals surface area contributed by atoms with Crippen LogP contribution in [0, 0.1) is 19.1 Å².